The maximum absolute atomic E-state index is 4.14. The van der Waals surface area contributed by atoms with E-state index in [0.717, 1.165) is 0 Å². The van der Waals surface area contributed by atoms with Crippen molar-refractivity contribution in [2.24, 2.45) is 0 Å². The molecule has 1 radical (unpaired) electrons. The van der Waals surface area contributed by atoms with Crippen LogP contribution in [-0.4, -0.2) is 21.1 Å². The Morgan fingerprint density at radius 3 is 2.33 bits per heavy atom. The van der Waals surface area contributed by atoms with Crippen LogP contribution in [0.4, 0.5) is 0 Å². The Balaban J connectivity index is 2.26. The minimum absolute atomic E-state index is 1.36. The van der Waals surface area contributed by atoms with E-state index in [1.807, 2.05) is 0 Å². The van der Waals surface area contributed by atoms with Crippen molar-refractivity contribution in [2.75, 3.05) is 0 Å². The molecule has 0 aromatic rings. The second kappa shape index (κ2) is 2.15. The summed E-state index contributed by atoms with van der Waals surface area (Å²) < 4.78 is 0. The maximum atomic E-state index is 4.14. The van der Waals surface area contributed by atoms with Gasteiger partial charge in [0.05, 0.1) is 0 Å². The Bertz CT molecular complexity index is 51.1. The molecular formula is B3O3. The molecular weight excluding hydrogens is 80.4 g/mol. The summed E-state index contributed by atoms with van der Waals surface area (Å²) in [5, 5.41) is 3.93. The molecule has 0 fully saturated rings. The van der Waals surface area contributed by atoms with Gasteiger partial charge in [-0.1, -0.05) is 0 Å². The van der Waals surface area contributed by atoms with Gasteiger partial charge in [-0.2, -0.15) is 0 Å². The standard InChI is InChI=1S/B3O3/c1-2-4-6-5-3-1. The third-order valence-electron chi connectivity index (χ3n) is 0.347. The first-order chi connectivity index (χ1) is 3.00. The summed E-state index contributed by atoms with van der Waals surface area (Å²) in [6.07, 6.45) is 0. The van der Waals surface area contributed by atoms with Crippen LogP contribution in [0.15, 0.2) is 0 Å². The second-order valence-electron chi connectivity index (χ2n) is 0.725. The monoisotopic (exact) mass is 81.0 g/mol. The molecule has 1 rings (SSSR count). The second-order valence-corrected chi connectivity index (χ2v) is 0.725. The van der Waals surface area contributed by atoms with Gasteiger partial charge < -0.3 is 0 Å². The van der Waals surface area contributed by atoms with Crippen LogP contribution in [0.25, 0.3) is 0 Å². The Morgan fingerprint density at radius 2 is 2.17 bits per heavy atom. The number of hydrogen-bond donors (Lipinski definition) is 0. The van der Waals surface area contributed by atoms with Gasteiger partial charge in [0, 0.05) is 0 Å². The van der Waals surface area contributed by atoms with Gasteiger partial charge in [-0.25, -0.2) is 0 Å². The third-order valence-corrected chi connectivity index (χ3v) is 0.347. The van der Waals surface area contributed by atoms with Crippen LogP contribution < -0.4 is 0 Å². The number of hydrogen-bond acceptors (Lipinski definition) is 3. The molecule has 0 aliphatic carbocycles. The Morgan fingerprint density at radius 1 is 1.17 bits per heavy atom. The van der Waals surface area contributed by atoms with Crippen molar-refractivity contribution in [2.45, 2.75) is 0 Å². The quantitative estimate of drug-likeness (QED) is 0.266. The van der Waals surface area contributed by atoms with E-state index in [0.29, 0.717) is 0 Å². The van der Waals surface area contributed by atoms with E-state index in [9.17, 15) is 0 Å². The summed E-state index contributed by atoms with van der Waals surface area (Å²) >= 11 is 0. The third kappa shape index (κ3) is 0.951. The van der Waals surface area contributed by atoms with Crippen LogP contribution in [0.2, 0.25) is 0 Å². The van der Waals surface area contributed by atoms with Gasteiger partial charge in [0.1, 0.15) is 0 Å². The van der Waals surface area contributed by atoms with E-state index >= 15 is 0 Å². The van der Waals surface area contributed by atoms with Crippen LogP contribution in [0.1, 0.15) is 0 Å². The Kier molecular flexibility index (Phi) is 1.47. The SMILES string of the molecule is [B]1B=BOOO1. The average Bonchev–Trinajstić information content (AvgIpc) is 1.72. The van der Waals surface area contributed by atoms with Gasteiger partial charge in [-0.3, -0.25) is 0 Å². The molecule has 1 aliphatic rings. The normalized spacial score (nSPS) is 16.0. The zero-order valence-electron chi connectivity index (χ0n) is 2.96. The van der Waals surface area contributed by atoms with Crippen LogP contribution in [0.5, 0.6) is 0 Å². The fourth-order valence-electron chi connectivity index (χ4n) is 0.164. The molecule has 0 atom stereocenters. The van der Waals surface area contributed by atoms with Gasteiger partial charge in [0.25, 0.3) is 0 Å². The van der Waals surface area contributed by atoms with Gasteiger partial charge in [-0.05, 0) is 0 Å². The molecule has 1 aliphatic heterocycles. The first-order valence-corrected chi connectivity index (χ1v) is 1.47. The van der Waals surface area contributed by atoms with Gasteiger partial charge in [-0.15, -0.1) is 0 Å². The Hall–Kier alpha value is -0.0852. The van der Waals surface area contributed by atoms with Crippen molar-refractivity contribution < 1.29 is 14.6 Å². The summed E-state index contributed by atoms with van der Waals surface area (Å²) in [5.41, 5.74) is 0. The minimum atomic E-state index is 1.36. The molecule has 0 saturated heterocycles. The van der Waals surface area contributed by atoms with E-state index < -0.39 is 0 Å². The molecule has 27 valence electrons. The first kappa shape index (κ1) is 4.08. The summed E-state index contributed by atoms with van der Waals surface area (Å²) in [6, 6.07) is 0. The Labute approximate surface area is 36.8 Å². The molecule has 0 N–H and O–H groups in total. The molecule has 0 saturated carbocycles. The summed E-state index contributed by atoms with van der Waals surface area (Å²) in [5.74, 6) is 0. The summed E-state index contributed by atoms with van der Waals surface area (Å²) in [4.78, 5) is 8.27. The molecule has 0 bridgehead atoms. The van der Waals surface area contributed by atoms with Crippen LogP contribution in [0.3, 0.4) is 0 Å². The van der Waals surface area contributed by atoms with Crippen molar-refractivity contribution in [3.63, 3.8) is 0 Å². The van der Waals surface area contributed by atoms with E-state index in [4.69, 9.17) is 0 Å². The molecule has 3 nitrogen and oxygen atoms in total. The fraction of sp³-hybridized carbons (Fsp3) is 0. The van der Waals surface area contributed by atoms with Crippen molar-refractivity contribution in [1.29, 1.82) is 0 Å². The summed E-state index contributed by atoms with van der Waals surface area (Å²) in [6.45, 7) is 1.57. The van der Waals surface area contributed by atoms with E-state index in [1.54, 1.807) is 6.69 Å². The van der Waals surface area contributed by atoms with Crippen molar-refractivity contribution in [3.8, 4) is 0 Å². The van der Waals surface area contributed by atoms with Crippen molar-refractivity contribution in [1.82, 2.24) is 0 Å². The van der Waals surface area contributed by atoms with Crippen LogP contribution >= 0.6 is 0 Å². The molecule has 0 unspecified atom stereocenters. The fourth-order valence-corrected chi connectivity index (χ4v) is 0.164. The molecule has 0 amide bonds. The number of rotatable bonds is 0. The van der Waals surface area contributed by atoms with E-state index in [2.05, 4.69) is 14.6 Å². The molecule has 6 heteroatoms. The predicted molar refractivity (Wildman–Crippen MR) is 20.5 cm³/mol. The van der Waals surface area contributed by atoms with Gasteiger partial charge in [0.15, 0.2) is 0 Å². The van der Waals surface area contributed by atoms with Crippen LogP contribution in [0, 0.1) is 0 Å². The predicted octanol–water partition coefficient (Wildman–Crippen LogP) is -1.35. The molecule has 1 heterocycles. The zero-order valence-corrected chi connectivity index (χ0v) is 2.96. The molecule has 0 aromatic heterocycles. The van der Waals surface area contributed by atoms with Crippen molar-refractivity contribution in [3.05, 3.63) is 0 Å². The summed E-state index contributed by atoms with van der Waals surface area (Å²) in [7, 11) is 2.73. The molecule has 0 aromatic carbocycles. The topological polar surface area (TPSA) is 27.7 Å². The van der Waals surface area contributed by atoms with E-state index in [-0.39, 0.29) is 0 Å². The molecule has 6 heavy (non-hydrogen) atoms. The van der Waals surface area contributed by atoms with E-state index in [1.165, 1.54) is 14.4 Å². The van der Waals surface area contributed by atoms with Gasteiger partial charge in [0.2, 0.25) is 0 Å². The first-order valence-electron chi connectivity index (χ1n) is 1.47. The van der Waals surface area contributed by atoms with Gasteiger partial charge >= 0.3 is 35.7 Å². The van der Waals surface area contributed by atoms with Crippen LogP contribution in [-0.2, 0) is 14.6 Å². The molecule has 0 spiro atoms. The average molecular weight is 80.4 g/mol. The zero-order chi connectivity index (χ0) is 4.24. The van der Waals surface area contributed by atoms with Crippen molar-refractivity contribution >= 4 is 21.1 Å².